The maximum Gasteiger partial charge on any atom is 0.266 e. The van der Waals surface area contributed by atoms with Crippen LogP contribution in [0.1, 0.15) is 43.6 Å². The highest BCUT2D eigenvalue weighted by molar-refractivity contribution is 6.30. The fraction of sp³-hybridized carbons (Fsp3) is 0.250. The van der Waals surface area contributed by atoms with E-state index in [1.54, 1.807) is 6.07 Å². The molecule has 3 rings (SSSR count). The van der Waals surface area contributed by atoms with E-state index in [1.165, 1.54) is 0 Å². The van der Waals surface area contributed by atoms with Crippen LogP contribution in [0.5, 0.6) is 0 Å². The van der Waals surface area contributed by atoms with Gasteiger partial charge in [-0.1, -0.05) is 48.0 Å². The first kappa shape index (κ1) is 16.6. The van der Waals surface area contributed by atoms with Crippen LogP contribution in [0.25, 0.3) is 11.8 Å². The van der Waals surface area contributed by atoms with Gasteiger partial charge >= 0.3 is 0 Å². The number of rotatable bonds is 2. The molecule has 1 amide bonds. The topological polar surface area (TPSA) is 38.3 Å². The predicted molar refractivity (Wildman–Crippen MR) is 97.5 cm³/mol. The van der Waals surface area contributed by atoms with Crippen LogP contribution in [0.3, 0.4) is 0 Å². The summed E-state index contributed by atoms with van der Waals surface area (Å²) in [7, 11) is 0. The van der Waals surface area contributed by atoms with E-state index in [2.05, 4.69) is 5.32 Å². The minimum atomic E-state index is -0.698. The average Bonchev–Trinajstić information content (AvgIpc) is 2.52. The summed E-state index contributed by atoms with van der Waals surface area (Å²) in [5, 5.41) is 3.63. The number of benzene rings is 2. The third-order valence-corrected chi connectivity index (χ3v) is 3.89. The third-order valence-electron chi connectivity index (χ3n) is 3.66. The second kappa shape index (κ2) is 6.33. The van der Waals surface area contributed by atoms with Crippen molar-refractivity contribution in [3.05, 3.63) is 70.2 Å². The zero-order valence-corrected chi connectivity index (χ0v) is 14.7. The second-order valence-corrected chi connectivity index (χ2v) is 7.32. The summed E-state index contributed by atoms with van der Waals surface area (Å²) in [6, 6.07) is 15.2. The van der Waals surface area contributed by atoms with Crippen molar-refractivity contribution in [3.8, 4) is 0 Å². The molecule has 0 radical (unpaired) electrons. The third kappa shape index (κ3) is 3.62. The molecule has 0 bridgehead atoms. The molecule has 0 aromatic heterocycles. The lowest BCUT2D eigenvalue weighted by atomic mass is 9.96. The summed E-state index contributed by atoms with van der Waals surface area (Å²) < 4.78 is 6.05. The van der Waals surface area contributed by atoms with Gasteiger partial charge in [0.05, 0.1) is 0 Å². The van der Waals surface area contributed by atoms with Gasteiger partial charge in [-0.15, -0.1) is 0 Å². The van der Waals surface area contributed by atoms with Gasteiger partial charge in [-0.05, 0) is 44.5 Å². The van der Waals surface area contributed by atoms with Crippen molar-refractivity contribution >= 4 is 29.3 Å². The van der Waals surface area contributed by atoms with Crippen molar-refractivity contribution in [2.24, 2.45) is 0 Å². The summed E-state index contributed by atoms with van der Waals surface area (Å²) in [5.41, 5.74) is 2.32. The number of halogens is 1. The lowest BCUT2D eigenvalue weighted by Gasteiger charge is -2.30. The maximum atomic E-state index is 12.7. The standard InChI is InChI=1S/C20H20ClNO2/c1-20(2,3)22-19(23)18-16-10-9-15(21)11-14(16)12-17(24-18)13-7-5-4-6-8-13/h4-12,18H,1-3H3,(H,22,23). The first-order valence-electron chi connectivity index (χ1n) is 7.89. The summed E-state index contributed by atoms with van der Waals surface area (Å²) in [5.74, 6) is 0.507. The Hall–Kier alpha value is -2.26. The van der Waals surface area contributed by atoms with Crippen LogP contribution in [0.15, 0.2) is 48.5 Å². The van der Waals surface area contributed by atoms with Crippen LogP contribution >= 0.6 is 11.6 Å². The molecule has 1 aliphatic heterocycles. The normalized spacial score (nSPS) is 16.7. The minimum absolute atomic E-state index is 0.160. The fourth-order valence-electron chi connectivity index (χ4n) is 2.66. The second-order valence-electron chi connectivity index (χ2n) is 6.88. The van der Waals surface area contributed by atoms with Gasteiger partial charge in [0, 0.05) is 21.7 Å². The molecule has 2 aromatic carbocycles. The van der Waals surface area contributed by atoms with Crippen molar-refractivity contribution in [2.45, 2.75) is 32.4 Å². The SMILES string of the molecule is CC(C)(C)NC(=O)C1OC(c2ccccc2)=Cc2cc(Cl)ccc21. The molecule has 0 fully saturated rings. The van der Waals surface area contributed by atoms with Crippen LogP contribution in [0.2, 0.25) is 5.02 Å². The lowest BCUT2D eigenvalue weighted by molar-refractivity contribution is -0.131. The molecule has 124 valence electrons. The zero-order valence-electron chi connectivity index (χ0n) is 14.0. The van der Waals surface area contributed by atoms with Gasteiger partial charge in [0.2, 0.25) is 6.10 Å². The highest BCUT2D eigenvalue weighted by Gasteiger charge is 2.31. The Bertz CT molecular complexity index is 791. The van der Waals surface area contributed by atoms with E-state index in [-0.39, 0.29) is 11.4 Å². The first-order chi connectivity index (χ1) is 11.3. The largest absolute Gasteiger partial charge is 0.475 e. The van der Waals surface area contributed by atoms with Gasteiger partial charge < -0.3 is 10.1 Å². The number of hydrogen-bond acceptors (Lipinski definition) is 2. The number of hydrogen-bond donors (Lipinski definition) is 1. The van der Waals surface area contributed by atoms with Crippen LogP contribution in [0, 0.1) is 0 Å². The highest BCUT2D eigenvalue weighted by atomic mass is 35.5. The highest BCUT2D eigenvalue weighted by Crippen LogP contribution is 2.37. The van der Waals surface area contributed by atoms with E-state index in [0.717, 1.165) is 16.7 Å². The van der Waals surface area contributed by atoms with E-state index in [4.69, 9.17) is 16.3 Å². The van der Waals surface area contributed by atoms with Crippen molar-refractivity contribution in [1.29, 1.82) is 0 Å². The molecular weight excluding hydrogens is 322 g/mol. The molecule has 0 saturated heterocycles. The van der Waals surface area contributed by atoms with Gasteiger partial charge in [0.15, 0.2) is 0 Å². The molecular formula is C20H20ClNO2. The quantitative estimate of drug-likeness (QED) is 0.850. The molecule has 24 heavy (non-hydrogen) atoms. The first-order valence-corrected chi connectivity index (χ1v) is 8.26. The van der Waals surface area contributed by atoms with Crippen LogP contribution in [0.4, 0.5) is 0 Å². The van der Waals surface area contributed by atoms with Crippen LogP contribution in [-0.2, 0) is 9.53 Å². The lowest BCUT2D eigenvalue weighted by Crippen LogP contribution is -2.44. The van der Waals surface area contributed by atoms with Crippen molar-refractivity contribution in [1.82, 2.24) is 5.32 Å². The monoisotopic (exact) mass is 341 g/mol. The van der Waals surface area contributed by atoms with Crippen LogP contribution < -0.4 is 5.32 Å². The smallest absolute Gasteiger partial charge is 0.266 e. The molecule has 1 N–H and O–H groups in total. The van der Waals surface area contributed by atoms with Gasteiger partial charge in [0.1, 0.15) is 5.76 Å². The molecule has 2 aromatic rings. The van der Waals surface area contributed by atoms with E-state index in [0.29, 0.717) is 10.8 Å². The molecule has 0 saturated carbocycles. The van der Waals surface area contributed by atoms with Gasteiger partial charge in [-0.3, -0.25) is 4.79 Å². The Labute approximate surface area is 147 Å². The molecule has 1 aliphatic rings. The average molecular weight is 342 g/mol. The molecule has 3 nitrogen and oxygen atoms in total. The van der Waals surface area contributed by atoms with Gasteiger partial charge in [-0.25, -0.2) is 0 Å². The van der Waals surface area contributed by atoms with Gasteiger partial charge in [-0.2, -0.15) is 0 Å². The molecule has 1 atom stereocenters. The zero-order chi connectivity index (χ0) is 17.3. The number of amides is 1. The van der Waals surface area contributed by atoms with Crippen molar-refractivity contribution in [2.75, 3.05) is 0 Å². The number of nitrogens with one attached hydrogen (secondary N) is 1. The Morgan fingerprint density at radius 3 is 2.50 bits per heavy atom. The summed E-state index contributed by atoms with van der Waals surface area (Å²) in [6.07, 6.45) is 1.23. The molecule has 0 spiro atoms. The predicted octanol–water partition coefficient (Wildman–Crippen LogP) is 4.82. The molecule has 4 heteroatoms. The number of carbonyl (C=O) groups excluding carboxylic acids is 1. The van der Waals surface area contributed by atoms with E-state index in [1.807, 2.05) is 69.3 Å². The summed E-state index contributed by atoms with van der Waals surface area (Å²) in [6.45, 7) is 5.85. The number of fused-ring (bicyclic) bond motifs is 1. The Kier molecular flexibility index (Phi) is 4.37. The minimum Gasteiger partial charge on any atom is -0.475 e. The molecule has 0 aliphatic carbocycles. The van der Waals surface area contributed by atoms with E-state index < -0.39 is 6.10 Å². The van der Waals surface area contributed by atoms with Crippen LogP contribution in [-0.4, -0.2) is 11.4 Å². The van der Waals surface area contributed by atoms with E-state index >= 15 is 0 Å². The molecule has 1 unspecified atom stereocenters. The van der Waals surface area contributed by atoms with E-state index in [9.17, 15) is 4.79 Å². The Morgan fingerprint density at radius 1 is 1.12 bits per heavy atom. The number of ether oxygens (including phenoxy) is 1. The molecule has 1 heterocycles. The van der Waals surface area contributed by atoms with Crippen molar-refractivity contribution < 1.29 is 9.53 Å². The summed E-state index contributed by atoms with van der Waals surface area (Å²) in [4.78, 5) is 12.7. The Balaban J connectivity index is 2.03. The van der Waals surface area contributed by atoms with Crippen molar-refractivity contribution in [3.63, 3.8) is 0 Å². The summed E-state index contributed by atoms with van der Waals surface area (Å²) >= 11 is 6.13. The Morgan fingerprint density at radius 2 is 1.83 bits per heavy atom. The maximum absolute atomic E-state index is 12.7. The number of carbonyl (C=O) groups is 1. The van der Waals surface area contributed by atoms with Gasteiger partial charge in [0.25, 0.3) is 5.91 Å². The fourth-order valence-corrected chi connectivity index (χ4v) is 2.84.